The van der Waals surface area contributed by atoms with Crippen molar-refractivity contribution in [3.63, 3.8) is 0 Å². The number of methoxy groups -OCH3 is 1. The van der Waals surface area contributed by atoms with E-state index in [0.29, 0.717) is 32.2 Å². The molecule has 2 aromatic rings. The maximum absolute atomic E-state index is 13.4. The molecule has 0 heterocycles. The zero-order valence-corrected chi connectivity index (χ0v) is 19.2. The van der Waals surface area contributed by atoms with Gasteiger partial charge in [-0.05, 0) is 49.4 Å². The van der Waals surface area contributed by atoms with E-state index in [2.05, 4.69) is 0 Å². The van der Waals surface area contributed by atoms with Gasteiger partial charge in [-0.3, -0.25) is 4.79 Å². The summed E-state index contributed by atoms with van der Waals surface area (Å²) in [5, 5.41) is 0. The second-order valence-corrected chi connectivity index (χ2v) is 9.72. The molecule has 3 rings (SSSR count). The van der Waals surface area contributed by atoms with E-state index >= 15 is 0 Å². The third-order valence-electron chi connectivity index (χ3n) is 5.84. The molecular weight excluding hydrogens is 430 g/mol. The van der Waals surface area contributed by atoms with Crippen LogP contribution in [0, 0.1) is 5.92 Å². The molecule has 0 aromatic heterocycles. The summed E-state index contributed by atoms with van der Waals surface area (Å²) in [6.07, 6.45) is 2.36. The lowest BCUT2D eigenvalue weighted by molar-refractivity contribution is -0.146. The summed E-state index contributed by atoms with van der Waals surface area (Å²) in [5.41, 5.74) is 1.04. The standard InChI is InChI=1S/C24H29NO6S/c1-3-25(21-14-12-19(13-15-21)23(26)30-2)32(28,29)22-11-7-10-20(16-22)24(27)31-17-18-8-5-4-6-9-18/h4-11,16,19,21H,3,12-15,17H2,1-2H3. The van der Waals surface area contributed by atoms with Crippen molar-refractivity contribution >= 4 is 22.0 Å². The molecule has 0 unspecified atom stereocenters. The van der Waals surface area contributed by atoms with Gasteiger partial charge in [-0.2, -0.15) is 4.31 Å². The molecule has 1 fully saturated rings. The number of ether oxygens (including phenoxy) is 2. The highest BCUT2D eigenvalue weighted by Crippen LogP contribution is 2.31. The highest BCUT2D eigenvalue weighted by atomic mass is 32.2. The molecule has 0 N–H and O–H groups in total. The first-order chi connectivity index (χ1) is 15.4. The average molecular weight is 460 g/mol. The van der Waals surface area contributed by atoms with Crippen LogP contribution in [-0.4, -0.2) is 44.4 Å². The van der Waals surface area contributed by atoms with Crippen molar-refractivity contribution in [2.24, 2.45) is 5.92 Å². The SMILES string of the molecule is CCN(C1CCC(C(=O)OC)CC1)S(=O)(=O)c1cccc(C(=O)OCc2ccccc2)c1. The number of nitrogens with zero attached hydrogens (tertiary/aromatic N) is 1. The fraction of sp³-hybridized carbons (Fsp3) is 0.417. The third kappa shape index (κ3) is 5.55. The lowest BCUT2D eigenvalue weighted by Crippen LogP contribution is -2.43. The monoisotopic (exact) mass is 459 g/mol. The van der Waals surface area contributed by atoms with E-state index in [1.165, 1.54) is 23.5 Å². The van der Waals surface area contributed by atoms with Crippen molar-refractivity contribution in [3.05, 3.63) is 65.7 Å². The van der Waals surface area contributed by atoms with Crippen molar-refractivity contribution < 1.29 is 27.5 Å². The number of esters is 2. The van der Waals surface area contributed by atoms with Crippen molar-refractivity contribution in [1.82, 2.24) is 4.31 Å². The summed E-state index contributed by atoms with van der Waals surface area (Å²) in [4.78, 5) is 24.3. The number of carbonyl (C=O) groups is 2. The number of hydrogen-bond acceptors (Lipinski definition) is 6. The predicted molar refractivity (Wildman–Crippen MR) is 119 cm³/mol. The molecule has 172 valence electrons. The molecule has 2 aromatic carbocycles. The minimum Gasteiger partial charge on any atom is -0.469 e. The summed E-state index contributed by atoms with van der Waals surface area (Å²) in [6.45, 7) is 2.21. The van der Waals surface area contributed by atoms with Crippen molar-refractivity contribution in [1.29, 1.82) is 0 Å². The first-order valence-electron chi connectivity index (χ1n) is 10.8. The molecule has 0 spiro atoms. The van der Waals surface area contributed by atoms with Gasteiger partial charge >= 0.3 is 11.9 Å². The Labute approximate surface area is 189 Å². The fourth-order valence-corrected chi connectivity index (χ4v) is 5.86. The van der Waals surface area contributed by atoms with Gasteiger partial charge < -0.3 is 9.47 Å². The van der Waals surface area contributed by atoms with Crippen LogP contribution in [-0.2, 0) is 30.9 Å². The van der Waals surface area contributed by atoms with Crippen LogP contribution in [0.4, 0.5) is 0 Å². The van der Waals surface area contributed by atoms with Gasteiger partial charge in [0.1, 0.15) is 6.61 Å². The van der Waals surface area contributed by atoms with Crippen molar-refractivity contribution in [2.75, 3.05) is 13.7 Å². The van der Waals surface area contributed by atoms with Gasteiger partial charge in [0, 0.05) is 12.6 Å². The summed E-state index contributed by atoms with van der Waals surface area (Å²) in [7, 11) is -2.44. The Morgan fingerprint density at radius 2 is 1.69 bits per heavy atom. The van der Waals surface area contributed by atoms with E-state index in [1.54, 1.807) is 19.1 Å². The number of benzene rings is 2. The molecule has 7 nitrogen and oxygen atoms in total. The van der Waals surface area contributed by atoms with Crippen molar-refractivity contribution in [3.8, 4) is 0 Å². The highest BCUT2D eigenvalue weighted by Gasteiger charge is 2.35. The molecule has 0 bridgehead atoms. The van der Waals surface area contributed by atoms with E-state index < -0.39 is 16.0 Å². The lowest BCUT2D eigenvalue weighted by atomic mass is 9.86. The Balaban J connectivity index is 1.71. The quantitative estimate of drug-likeness (QED) is 0.558. The minimum absolute atomic E-state index is 0.0589. The van der Waals surface area contributed by atoms with E-state index in [4.69, 9.17) is 9.47 Å². The largest absolute Gasteiger partial charge is 0.469 e. The maximum Gasteiger partial charge on any atom is 0.338 e. The number of carbonyl (C=O) groups excluding carboxylic acids is 2. The van der Waals surface area contributed by atoms with Gasteiger partial charge in [0.25, 0.3) is 0 Å². The predicted octanol–water partition coefficient (Wildman–Crippen LogP) is 3.79. The molecule has 0 saturated heterocycles. The molecule has 0 atom stereocenters. The third-order valence-corrected chi connectivity index (χ3v) is 7.86. The Kier molecular flexibility index (Phi) is 8.04. The van der Waals surface area contributed by atoms with Gasteiger partial charge in [0.15, 0.2) is 0 Å². The van der Waals surface area contributed by atoms with E-state index in [9.17, 15) is 18.0 Å². The molecule has 1 aliphatic rings. The van der Waals surface area contributed by atoms with Crippen molar-refractivity contribution in [2.45, 2.75) is 50.2 Å². The molecule has 8 heteroatoms. The maximum atomic E-state index is 13.4. The topological polar surface area (TPSA) is 90.0 Å². The second kappa shape index (κ2) is 10.7. The van der Waals surface area contributed by atoms with Crippen LogP contribution in [0.1, 0.15) is 48.5 Å². The fourth-order valence-electron chi connectivity index (χ4n) is 4.12. The van der Waals surface area contributed by atoms with E-state index in [0.717, 1.165) is 5.56 Å². The minimum atomic E-state index is -3.81. The Morgan fingerprint density at radius 3 is 2.31 bits per heavy atom. The van der Waals surface area contributed by atoms with Crippen LogP contribution in [0.5, 0.6) is 0 Å². The van der Waals surface area contributed by atoms with Crippen LogP contribution < -0.4 is 0 Å². The normalized spacial score (nSPS) is 18.8. The average Bonchev–Trinajstić information content (AvgIpc) is 2.83. The number of hydrogen-bond donors (Lipinski definition) is 0. The number of rotatable bonds is 8. The van der Waals surface area contributed by atoms with Crippen LogP contribution in [0.25, 0.3) is 0 Å². The number of sulfonamides is 1. The molecule has 1 aliphatic carbocycles. The molecule has 1 saturated carbocycles. The Morgan fingerprint density at radius 1 is 1.00 bits per heavy atom. The van der Waals surface area contributed by atoms with Crippen LogP contribution in [0.2, 0.25) is 0 Å². The summed E-state index contributed by atoms with van der Waals surface area (Å²) < 4.78 is 38.4. The van der Waals surface area contributed by atoms with E-state index in [1.807, 2.05) is 30.3 Å². The van der Waals surface area contributed by atoms with Gasteiger partial charge in [0.05, 0.1) is 23.5 Å². The second-order valence-electron chi connectivity index (χ2n) is 7.83. The first-order valence-corrected chi connectivity index (χ1v) is 12.2. The van der Waals surface area contributed by atoms with Crippen LogP contribution in [0.15, 0.2) is 59.5 Å². The molecule has 0 amide bonds. The summed E-state index contributed by atoms with van der Waals surface area (Å²) in [6, 6.07) is 15.0. The smallest absolute Gasteiger partial charge is 0.338 e. The molecule has 0 aliphatic heterocycles. The molecular formula is C24H29NO6S. The van der Waals surface area contributed by atoms with Crippen LogP contribution in [0.3, 0.4) is 0 Å². The van der Waals surface area contributed by atoms with Gasteiger partial charge in [0.2, 0.25) is 10.0 Å². The van der Waals surface area contributed by atoms with Crippen LogP contribution >= 0.6 is 0 Å². The zero-order chi connectivity index (χ0) is 23.1. The molecule has 0 radical (unpaired) electrons. The lowest BCUT2D eigenvalue weighted by Gasteiger charge is -2.34. The zero-order valence-electron chi connectivity index (χ0n) is 18.4. The van der Waals surface area contributed by atoms with Gasteiger partial charge in [-0.25, -0.2) is 13.2 Å². The van der Waals surface area contributed by atoms with E-state index in [-0.39, 0.29) is 35.0 Å². The van der Waals surface area contributed by atoms with Gasteiger partial charge in [-0.1, -0.05) is 43.3 Å². The van der Waals surface area contributed by atoms with Gasteiger partial charge in [-0.15, -0.1) is 0 Å². The summed E-state index contributed by atoms with van der Waals surface area (Å²) in [5.74, 6) is -0.996. The highest BCUT2D eigenvalue weighted by molar-refractivity contribution is 7.89. The Hall–Kier alpha value is -2.71. The Bertz CT molecular complexity index is 1030. The summed E-state index contributed by atoms with van der Waals surface area (Å²) >= 11 is 0. The first kappa shape index (κ1) is 23.9. The molecule has 32 heavy (non-hydrogen) atoms.